The Balaban J connectivity index is 2.04. The van der Waals surface area contributed by atoms with Gasteiger partial charge in [-0.25, -0.2) is 9.97 Å². The van der Waals surface area contributed by atoms with E-state index in [4.69, 9.17) is 21.6 Å². The zero-order chi connectivity index (χ0) is 21.7. The molecule has 2 aromatic rings. The molecule has 30 heavy (non-hydrogen) atoms. The fraction of sp³-hybridized carbons (Fsp3) is 0.348. The Bertz CT molecular complexity index is 1040. The SMILES string of the molecule is C=CC=N/C(=C/C(=C\C)Sc1nc(N2CCCC2)c2c(Cl)c(CC)[nH]c2n1)C(=C)C. The molecule has 0 atom stereocenters. The lowest BCUT2D eigenvalue weighted by Crippen LogP contribution is -2.19. The Morgan fingerprint density at radius 1 is 1.33 bits per heavy atom. The highest BCUT2D eigenvalue weighted by atomic mass is 35.5. The van der Waals surface area contributed by atoms with E-state index in [0.717, 1.165) is 63.3 Å². The lowest BCUT2D eigenvalue weighted by atomic mass is 10.2. The number of aromatic nitrogens is 3. The van der Waals surface area contributed by atoms with Crippen molar-refractivity contribution in [2.24, 2.45) is 4.99 Å². The maximum absolute atomic E-state index is 6.68. The molecule has 3 rings (SSSR count). The van der Waals surface area contributed by atoms with Gasteiger partial charge in [0.1, 0.15) is 11.5 Å². The summed E-state index contributed by atoms with van der Waals surface area (Å²) in [7, 11) is 0. The minimum absolute atomic E-state index is 0.683. The van der Waals surface area contributed by atoms with Gasteiger partial charge in [0.05, 0.1) is 16.1 Å². The van der Waals surface area contributed by atoms with Crippen LogP contribution in [-0.2, 0) is 6.42 Å². The number of hydrogen-bond donors (Lipinski definition) is 1. The van der Waals surface area contributed by atoms with Crippen LogP contribution in [0.4, 0.5) is 5.82 Å². The average molecular weight is 442 g/mol. The van der Waals surface area contributed by atoms with Gasteiger partial charge in [-0.3, -0.25) is 4.99 Å². The van der Waals surface area contributed by atoms with Crippen LogP contribution in [0.2, 0.25) is 5.02 Å². The average Bonchev–Trinajstić information content (AvgIpc) is 3.37. The highest BCUT2D eigenvalue weighted by Crippen LogP contribution is 2.37. The molecule has 0 spiro atoms. The third-order valence-corrected chi connectivity index (χ3v) is 6.28. The Morgan fingerprint density at radius 2 is 2.07 bits per heavy atom. The molecule has 0 aromatic carbocycles. The molecule has 158 valence electrons. The first-order valence-corrected chi connectivity index (χ1v) is 11.4. The van der Waals surface area contributed by atoms with Gasteiger partial charge in [0.25, 0.3) is 0 Å². The number of allylic oxidation sites excluding steroid dienone is 4. The topological polar surface area (TPSA) is 57.2 Å². The second-order valence-electron chi connectivity index (χ2n) is 7.14. The summed E-state index contributed by atoms with van der Waals surface area (Å²) in [4.78, 5) is 20.8. The fourth-order valence-electron chi connectivity index (χ4n) is 3.33. The highest BCUT2D eigenvalue weighted by Gasteiger charge is 2.23. The molecule has 0 unspecified atom stereocenters. The maximum Gasteiger partial charge on any atom is 0.196 e. The second kappa shape index (κ2) is 10.1. The zero-order valence-corrected chi connectivity index (χ0v) is 19.4. The Kier molecular flexibility index (Phi) is 7.56. The van der Waals surface area contributed by atoms with Gasteiger partial charge in [-0.15, -0.1) is 0 Å². The summed E-state index contributed by atoms with van der Waals surface area (Å²) in [5.74, 6) is 0.921. The second-order valence-corrected chi connectivity index (χ2v) is 8.55. The standard InChI is InChI=1S/C23H28ClN5S/c1-6-11-25-18(15(4)5)14-16(7-2)30-23-27-21-19(20(24)17(8-3)26-21)22(28-23)29-12-9-10-13-29/h6-7,11,14H,1,4,8-10,12-13H2,2-3,5H3,(H,26,27,28)/b16-7+,18-14+,25-11?. The molecule has 1 aliphatic rings. The van der Waals surface area contributed by atoms with Gasteiger partial charge in [-0.2, -0.15) is 0 Å². The van der Waals surface area contributed by atoms with Crippen molar-refractivity contribution in [3.63, 3.8) is 0 Å². The van der Waals surface area contributed by atoms with E-state index in [9.17, 15) is 0 Å². The molecule has 1 N–H and O–H groups in total. The summed E-state index contributed by atoms with van der Waals surface area (Å²) in [6, 6.07) is 0. The van der Waals surface area contributed by atoms with Crippen molar-refractivity contribution in [3.05, 3.63) is 58.3 Å². The zero-order valence-electron chi connectivity index (χ0n) is 17.8. The van der Waals surface area contributed by atoms with E-state index < -0.39 is 0 Å². The van der Waals surface area contributed by atoms with Gasteiger partial charge in [-0.1, -0.05) is 55.6 Å². The minimum atomic E-state index is 0.683. The van der Waals surface area contributed by atoms with E-state index in [1.165, 1.54) is 24.6 Å². The summed E-state index contributed by atoms with van der Waals surface area (Å²) in [5.41, 5.74) is 3.47. The molecule has 3 heterocycles. The molecule has 7 heteroatoms. The predicted molar refractivity (Wildman–Crippen MR) is 131 cm³/mol. The van der Waals surface area contributed by atoms with Crippen LogP contribution in [0.1, 0.15) is 39.3 Å². The molecule has 1 fully saturated rings. The van der Waals surface area contributed by atoms with Crippen LogP contribution in [0.15, 0.2) is 57.7 Å². The summed E-state index contributed by atoms with van der Waals surface area (Å²) in [5, 5.41) is 2.35. The minimum Gasteiger partial charge on any atom is -0.356 e. The van der Waals surface area contributed by atoms with Gasteiger partial charge in [-0.05, 0) is 44.8 Å². The van der Waals surface area contributed by atoms with Gasteiger partial charge in [0.2, 0.25) is 0 Å². The molecule has 0 saturated carbocycles. The van der Waals surface area contributed by atoms with Crippen LogP contribution in [-0.4, -0.2) is 34.3 Å². The predicted octanol–water partition coefficient (Wildman–Crippen LogP) is 6.49. The molecule has 0 radical (unpaired) electrons. The third kappa shape index (κ3) is 4.87. The van der Waals surface area contributed by atoms with E-state index >= 15 is 0 Å². The number of nitrogens with zero attached hydrogens (tertiary/aromatic N) is 4. The van der Waals surface area contributed by atoms with Crippen molar-refractivity contribution >= 4 is 46.4 Å². The summed E-state index contributed by atoms with van der Waals surface area (Å²) < 4.78 is 0. The fourth-order valence-corrected chi connectivity index (χ4v) is 4.46. The van der Waals surface area contributed by atoms with Gasteiger partial charge in [0, 0.05) is 29.9 Å². The monoisotopic (exact) mass is 441 g/mol. The number of thioether (sulfide) groups is 1. The van der Waals surface area contributed by atoms with E-state index in [2.05, 4.69) is 35.0 Å². The van der Waals surface area contributed by atoms with E-state index in [1.807, 2.05) is 26.0 Å². The van der Waals surface area contributed by atoms with Crippen molar-refractivity contribution in [2.45, 2.75) is 45.2 Å². The molecule has 2 aromatic heterocycles. The number of nitrogens with one attached hydrogen (secondary N) is 1. The van der Waals surface area contributed by atoms with Crippen LogP contribution in [0.25, 0.3) is 11.0 Å². The molecular formula is C23H28ClN5S. The molecule has 1 aliphatic heterocycles. The lowest BCUT2D eigenvalue weighted by molar-refractivity contribution is 0.897. The molecule has 0 bridgehead atoms. The quantitative estimate of drug-likeness (QED) is 0.220. The Hall–Kier alpha value is -2.31. The molecule has 5 nitrogen and oxygen atoms in total. The first-order valence-electron chi connectivity index (χ1n) is 10.2. The maximum atomic E-state index is 6.68. The van der Waals surface area contributed by atoms with Crippen LogP contribution in [0.3, 0.4) is 0 Å². The Morgan fingerprint density at radius 3 is 2.67 bits per heavy atom. The highest BCUT2D eigenvalue weighted by molar-refractivity contribution is 8.03. The summed E-state index contributed by atoms with van der Waals surface area (Å²) >= 11 is 8.19. The van der Waals surface area contributed by atoms with Crippen molar-refractivity contribution in [1.82, 2.24) is 15.0 Å². The number of rotatable bonds is 8. The van der Waals surface area contributed by atoms with Crippen molar-refractivity contribution < 1.29 is 0 Å². The van der Waals surface area contributed by atoms with Crippen molar-refractivity contribution in [1.29, 1.82) is 0 Å². The van der Waals surface area contributed by atoms with Gasteiger partial charge < -0.3 is 9.88 Å². The number of aromatic amines is 1. The number of hydrogen-bond acceptors (Lipinski definition) is 5. The number of aliphatic imine (C=N–C) groups is 1. The first-order chi connectivity index (χ1) is 14.5. The molecule has 0 amide bonds. The molecule has 1 saturated heterocycles. The van der Waals surface area contributed by atoms with Crippen molar-refractivity contribution in [2.75, 3.05) is 18.0 Å². The van der Waals surface area contributed by atoms with Crippen molar-refractivity contribution in [3.8, 4) is 0 Å². The van der Waals surface area contributed by atoms with Crippen LogP contribution in [0, 0.1) is 0 Å². The van der Waals surface area contributed by atoms with Gasteiger partial charge >= 0.3 is 0 Å². The van der Waals surface area contributed by atoms with E-state index in [-0.39, 0.29) is 0 Å². The van der Waals surface area contributed by atoms with E-state index in [0.29, 0.717) is 5.16 Å². The molecule has 0 aliphatic carbocycles. The summed E-state index contributed by atoms with van der Waals surface area (Å²) in [6.45, 7) is 15.7. The number of anilines is 1. The number of fused-ring (bicyclic) bond motifs is 1. The van der Waals surface area contributed by atoms with Crippen LogP contribution in [0.5, 0.6) is 0 Å². The summed E-state index contributed by atoms with van der Waals surface area (Å²) in [6.07, 6.45) is 10.5. The first kappa shape index (κ1) is 22.4. The van der Waals surface area contributed by atoms with Crippen LogP contribution >= 0.6 is 23.4 Å². The molecular weight excluding hydrogens is 414 g/mol. The smallest absolute Gasteiger partial charge is 0.196 e. The largest absolute Gasteiger partial charge is 0.356 e. The van der Waals surface area contributed by atoms with Crippen LogP contribution < -0.4 is 4.90 Å². The van der Waals surface area contributed by atoms with Gasteiger partial charge in [0.15, 0.2) is 5.16 Å². The third-order valence-electron chi connectivity index (χ3n) is 4.91. The number of H-pyrrole nitrogens is 1. The lowest BCUT2D eigenvalue weighted by Gasteiger charge is -2.18. The number of halogens is 1. The Labute approximate surface area is 187 Å². The normalized spacial score (nSPS) is 15.5. The van der Waals surface area contributed by atoms with E-state index in [1.54, 1.807) is 12.3 Å². The number of aryl methyl sites for hydroxylation is 1.